The van der Waals surface area contributed by atoms with Crippen LogP contribution in [-0.2, 0) is 4.79 Å². The Hall–Kier alpha value is -2.60. The molecule has 4 rings (SSSR count). The Balaban J connectivity index is 1.80. The summed E-state index contributed by atoms with van der Waals surface area (Å²) in [5, 5.41) is 6.01. The van der Waals surface area contributed by atoms with Crippen LogP contribution >= 0.6 is 0 Å². The smallest absolute Gasteiger partial charge is 0.256 e. The summed E-state index contributed by atoms with van der Waals surface area (Å²) in [5.74, 6) is 0.432. The zero-order chi connectivity index (χ0) is 15.1. The number of nitrogens with zero attached hydrogens (tertiary/aromatic N) is 1. The molecule has 2 aromatic rings. The lowest BCUT2D eigenvalue weighted by Crippen LogP contribution is -2.57. The second-order valence-corrected chi connectivity index (χ2v) is 5.45. The zero-order valence-electron chi connectivity index (χ0n) is 11.8. The highest BCUT2D eigenvalue weighted by molar-refractivity contribution is 6.10. The van der Waals surface area contributed by atoms with E-state index < -0.39 is 6.04 Å². The normalized spacial score (nSPS) is 20.9. The number of anilines is 1. The predicted molar refractivity (Wildman–Crippen MR) is 80.5 cm³/mol. The van der Waals surface area contributed by atoms with Crippen LogP contribution in [0.3, 0.4) is 0 Å². The highest BCUT2D eigenvalue weighted by Gasteiger charge is 2.36. The van der Waals surface area contributed by atoms with E-state index in [0.29, 0.717) is 36.6 Å². The van der Waals surface area contributed by atoms with Gasteiger partial charge in [-0.3, -0.25) is 9.59 Å². The number of furan rings is 1. The Kier molecular flexibility index (Phi) is 2.97. The number of nitrogens with one attached hydrogen (secondary N) is 2. The van der Waals surface area contributed by atoms with Gasteiger partial charge in [0.15, 0.2) is 0 Å². The van der Waals surface area contributed by atoms with Gasteiger partial charge in [-0.05, 0) is 30.3 Å². The minimum atomic E-state index is -0.458. The summed E-state index contributed by atoms with van der Waals surface area (Å²) in [6, 6.07) is 8.57. The van der Waals surface area contributed by atoms with Gasteiger partial charge in [0.25, 0.3) is 5.91 Å². The highest BCUT2D eigenvalue weighted by atomic mass is 16.3. The molecule has 1 atom stereocenters. The number of fused-ring (bicyclic) bond motifs is 2. The van der Waals surface area contributed by atoms with Crippen molar-refractivity contribution in [2.75, 3.05) is 25.0 Å². The minimum absolute atomic E-state index is 0.117. The average molecular weight is 297 g/mol. The third-order valence-corrected chi connectivity index (χ3v) is 4.12. The fourth-order valence-electron chi connectivity index (χ4n) is 2.98. The van der Waals surface area contributed by atoms with Crippen LogP contribution in [0.1, 0.15) is 10.4 Å². The fourth-order valence-corrected chi connectivity index (χ4v) is 2.98. The zero-order valence-corrected chi connectivity index (χ0v) is 11.8. The SMILES string of the molecule is O=C1Nc2ccc(-c3ccco3)cc2C(=O)N2CCNC[C@@H]12. The molecule has 6 nitrogen and oxygen atoms in total. The maximum atomic E-state index is 12.8. The van der Waals surface area contributed by atoms with E-state index in [1.165, 1.54) is 0 Å². The summed E-state index contributed by atoms with van der Waals surface area (Å²) in [6.07, 6.45) is 1.59. The van der Waals surface area contributed by atoms with Crippen LogP contribution in [0.5, 0.6) is 0 Å². The minimum Gasteiger partial charge on any atom is -0.464 e. The molecule has 0 bridgehead atoms. The monoisotopic (exact) mass is 297 g/mol. The number of rotatable bonds is 1. The van der Waals surface area contributed by atoms with Gasteiger partial charge in [-0.15, -0.1) is 0 Å². The molecule has 0 radical (unpaired) electrons. The highest BCUT2D eigenvalue weighted by Crippen LogP contribution is 2.29. The van der Waals surface area contributed by atoms with Crippen molar-refractivity contribution < 1.29 is 14.0 Å². The number of hydrogen-bond donors (Lipinski definition) is 2. The number of carbonyl (C=O) groups excluding carboxylic acids is 2. The Morgan fingerprint density at radius 2 is 2.14 bits per heavy atom. The van der Waals surface area contributed by atoms with Crippen molar-refractivity contribution in [3.63, 3.8) is 0 Å². The molecule has 0 spiro atoms. The second-order valence-electron chi connectivity index (χ2n) is 5.45. The third-order valence-electron chi connectivity index (χ3n) is 4.12. The van der Waals surface area contributed by atoms with E-state index >= 15 is 0 Å². The lowest BCUT2D eigenvalue weighted by atomic mass is 10.1. The lowest BCUT2D eigenvalue weighted by molar-refractivity contribution is -0.120. The molecule has 6 heteroatoms. The quantitative estimate of drug-likeness (QED) is 0.832. The summed E-state index contributed by atoms with van der Waals surface area (Å²) in [4.78, 5) is 26.8. The summed E-state index contributed by atoms with van der Waals surface area (Å²) in [7, 11) is 0. The molecule has 0 saturated carbocycles. The molecule has 2 amide bonds. The third kappa shape index (κ3) is 2.00. The number of benzene rings is 1. The largest absolute Gasteiger partial charge is 0.464 e. The number of piperazine rings is 1. The lowest BCUT2D eigenvalue weighted by Gasteiger charge is -2.33. The van der Waals surface area contributed by atoms with Crippen molar-refractivity contribution >= 4 is 17.5 Å². The van der Waals surface area contributed by atoms with Crippen LogP contribution in [0.4, 0.5) is 5.69 Å². The van der Waals surface area contributed by atoms with Gasteiger partial charge in [0.1, 0.15) is 11.8 Å². The van der Waals surface area contributed by atoms with Crippen LogP contribution in [0.25, 0.3) is 11.3 Å². The number of carbonyl (C=O) groups is 2. The molecule has 1 fully saturated rings. The van der Waals surface area contributed by atoms with E-state index in [9.17, 15) is 9.59 Å². The van der Waals surface area contributed by atoms with E-state index in [2.05, 4.69) is 10.6 Å². The van der Waals surface area contributed by atoms with Crippen molar-refractivity contribution in [3.05, 3.63) is 42.2 Å². The fraction of sp³-hybridized carbons (Fsp3) is 0.250. The van der Waals surface area contributed by atoms with E-state index in [1.54, 1.807) is 29.4 Å². The second kappa shape index (κ2) is 4.99. The summed E-state index contributed by atoms with van der Waals surface area (Å²) in [5.41, 5.74) is 1.88. The molecule has 3 heterocycles. The summed E-state index contributed by atoms with van der Waals surface area (Å²) in [6.45, 7) is 1.71. The molecule has 1 aromatic heterocycles. The van der Waals surface area contributed by atoms with Crippen LogP contribution in [0.15, 0.2) is 41.0 Å². The van der Waals surface area contributed by atoms with Gasteiger partial charge >= 0.3 is 0 Å². The Morgan fingerprint density at radius 1 is 1.23 bits per heavy atom. The van der Waals surface area contributed by atoms with Gasteiger partial charge in [-0.25, -0.2) is 0 Å². The first-order valence-electron chi connectivity index (χ1n) is 7.24. The first-order valence-corrected chi connectivity index (χ1v) is 7.24. The van der Waals surface area contributed by atoms with Crippen LogP contribution < -0.4 is 10.6 Å². The first kappa shape index (κ1) is 13.1. The summed E-state index contributed by atoms with van der Waals surface area (Å²) >= 11 is 0. The van der Waals surface area contributed by atoms with Crippen LogP contribution in [0.2, 0.25) is 0 Å². The van der Waals surface area contributed by atoms with Crippen LogP contribution in [-0.4, -0.2) is 42.4 Å². The molecule has 112 valence electrons. The Labute approximate surface area is 127 Å². The van der Waals surface area contributed by atoms with Crippen molar-refractivity contribution in [2.45, 2.75) is 6.04 Å². The van der Waals surface area contributed by atoms with Gasteiger partial charge in [0.2, 0.25) is 5.91 Å². The van der Waals surface area contributed by atoms with Gasteiger partial charge in [0, 0.05) is 25.2 Å². The molecule has 1 aromatic carbocycles. The topological polar surface area (TPSA) is 74.6 Å². The number of hydrogen-bond acceptors (Lipinski definition) is 4. The molecule has 1 saturated heterocycles. The van der Waals surface area contributed by atoms with Crippen molar-refractivity contribution in [2.24, 2.45) is 0 Å². The van der Waals surface area contributed by atoms with Gasteiger partial charge in [0.05, 0.1) is 17.5 Å². The van der Waals surface area contributed by atoms with E-state index in [-0.39, 0.29) is 11.8 Å². The molecule has 22 heavy (non-hydrogen) atoms. The van der Waals surface area contributed by atoms with Gasteiger partial charge < -0.3 is 20.0 Å². The van der Waals surface area contributed by atoms with Crippen molar-refractivity contribution in [3.8, 4) is 11.3 Å². The molecule has 0 unspecified atom stereocenters. The first-order chi connectivity index (χ1) is 10.7. The molecular formula is C16H15N3O3. The maximum absolute atomic E-state index is 12.8. The Bertz CT molecular complexity index is 739. The molecule has 0 aliphatic carbocycles. The molecule has 2 aliphatic rings. The van der Waals surface area contributed by atoms with E-state index in [4.69, 9.17) is 4.42 Å². The van der Waals surface area contributed by atoms with Crippen molar-refractivity contribution in [1.29, 1.82) is 0 Å². The maximum Gasteiger partial charge on any atom is 0.256 e. The van der Waals surface area contributed by atoms with Gasteiger partial charge in [-0.1, -0.05) is 0 Å². The van der Waals surface area contributed by atoms with E-state index in [0.717, 1.165) is 5.56 Å². The van der Waals surface area contributed by atoms with Crippen molar-refractivity contribution in [1.82, 2.24) is 10.2 Å². The molecular weight excluding hydrogens is 282 g/mol. The predicted octanol–water partition coefficient (Wildman–Crippen LogP) is 1.31. The van der Waals surface area contributed by atoms with Crippen LogP contribution in [0, 0.1) is 0 Å². The van der Waals surface area contributed by atoms with Gasteiger partial charge in [-0.2, -0.15) is 0 Å². The average Bonchev–Trinajstić information content (AvgIpc) is 3.06. The Morgan fingerprint density at radius 3 is 2.95 bits per heavy atom. The molecule has 2 N–H and O–H groups in total. The molecule has 2 aliphatic heterocycles. The summed E-state index contributed by atoms with van der Waals surface area (Å²) < 4.78 is 5.38. The van der Waals surface area contributed by atoms with E-state index in [1.807, 2.05) is 12.1 Å². The standard InChI is InChI=1S/C16H15N3O3/c20-15-13-9-17-5-6-19(13)16(21)11-8-10(3-4-12(11)18-15)14-2-1-7-22-14/h1-4,7-8,13,17H,5-6,9H2,(H,18,20)/t13-/m0/s1. The number of amides is 2.